The molecular formula is C19H29FN4OS. The van der Waals surface area contributed by atoms with Gasteiger partial charge in [-0.1, -0.05) is 19.3 Å². The smallest absolute Gasteiger partial charge is 0.239 e. The van der Waals surface area contributed by atoms with E-state index in [1.54, 1.807) is 30.9 Å². The van der Waals surface area contributed by atoms with E-state index in [-0.39, 0.29) is 18.3 Å². The number of thioether (sulfide) groups is 1. The van der Waals surface area contributed by atoms with Gasteiger partial charge in [0.05, 0.1) is 6.54 Å². The molecule has 1 aliphatic carbocycles. The zero-order valence-corrected chi connectivity index (χ0v) is 16.2. The molecule has 0 aromatic heterocycles. The van der Waals surface area contributed by atoms with Crippen LogP contribution in [0.2, 0.25) is 0 Å². The number of carbonyl (C=O) groups is 1. The molecule has 0 aliphatic heterocycles. The van der Waals surface area contributed by atoms with E-state index in [0.717, 1.165) is 36.5 Å². The van der Waals surface area contributed by atoms with Gasteiger partial charge < -0.3 is 16.0 Å². The van der Waals surface area contributed by atoms with Gasteiger partial charge in [-0.25, -0.2) is 4.39 Å². The SMILES string of the molecule is CN=C(NCCCSc1ccc(F)cc1)NCC(=O)NC1CCCCC1. The Balaban J connectivity index is 1.55. The van der Waals surface area contributed by atoms with E-state index in [1.165, 1.54) is 31.4 Å². The van der Waals surface area contributed by atoms with Crippen molar-refractivity contribution in [2.75, 3.05) is 25.9 Å². The number of halogens is 1. The van der Waals surface area contributed by atoms with E-state index < -0.39 is 0 Å². The van der Waals surface area contributed by atoms with Crippen LogP contribution in [0.1, 0.15) is 38.5 Å². The highest BCUT2D eigenvalue weighted by molar-refractivity contribution is 7.99. The number of benzene rings is 1. The Labute approximate surface area is 159 Å². The Hall–Kier alpha value is -1.76. The first-order valence-corrected chi connectivity index (χ1v) is 10.3. The van der Waals surface area contributed by atoms with Crippen molar-refractivity contribution < 1.29 is 9.18 Å². The molecule has 1 saturated carbocycles. The van der Waals surface area contributed by atoms with Gasteiger partial charge in [-0.15, -0.1) is 11.8 Å². The van der Waals surface area contributed by atoms with Crippen LogP contribution in [0.25, 0.3) is 0 Å². The Morgan fingerprint density at radius 3 is 2.62 bits per heavy atom. The van der Waals surface area contributed by atoms with E-state index in [4.69, 9.17) is 0 Å². The number of hydrogen-bond acceptors (Lipinski definition) is 3. The Bertz CT molecular complexity index is 573. The molecule has 0 radical (unpaired) electrons. The summed E-state index contributed by atoms with van der Waals surface area (Å²) in [6, 6.07) is 6.86. The summed E-state index contributed by atoms with van der Waals surface area (Å²) in [7, 11) is 1.70. The first-order valence-electron chi connectivity index (χ1n) is 9.29. The van der Waals surface area contributed by atoms with Crippen molar-refractivity contribution in [1.29, 1.82) is 0 Å². The zero-order chi connectivity index (χ0) is 18.6. The molecule has 144 valence electrons. The second-order valence-corrected chi connectivity index (χ2v) is 7.58. The highest BCUT2D eigenvalue weighted by Crippen LogP contribution is 2.18. The minimum Gasteiger partial charge on any atom is -0.356 e. The summed E-state index contributed by atoms with van der Waals surface area (Å²) in [5.41, 5.74) is 0. The maximum atomic E-state index is 12.9. The maximum Gasteiger partial charge on any atom is 0.239 e. The molecule has 1 aromatic rings. The van der Waals surface area contributed by atoms with Crippen LogP contribution in [-0.4, -0.2) is 43.8 Å². The number of hydrogen-bond donors (Lipinski definition) is 3. The molecular weight excluding hydrogens is 351 g/mol. The van der Waals surface area contributed by atoms with E-state index in [2.05, 4.69) is 20.9 Å². The lowest BCUT2D eigenvalue weighted by Crippen LogP contribution is -2.46. The summed E-state index contributed by atoms with van der Waals surface area (Å²) in [5, 5.41) is 9.34. The average Bonchev–Trinajstić information content (AvgIpc) is 2.66. The molecule has 0 unspecified atom stereocenters. The highest BCUT2D eigenvalue weighted by Gasteiger charge is 2.15. The number of nitrogens with one attached hydrogen (secondary N) is 3. The van der Waals surface area contributed by atoms with Crippen LogP contribution < -0.4 is 16.0 Å². The molecule has 0 saturated heterocycles. The van der Waals surface area contributed by atoms with Crippen molar-refractivity contribution in [3.63, 3.8) is 0 Å². The Morgan fingerprint density at radius 2 is 1.92 bits per heavy atom. The van der Waals surface area contributed by atoms with Gasteiger partial charge in [0, 0.05) is 24.5 Å². The molecule has 5 nitrogen and oxygen atoms in total. The summed E-state index contributed by atoms with van der Waals surface area (Å²) in [4.78, 5) is 17.2. The van der Waals surface area contributed by atoms with Gasteiger partial charge >= 0.3 is 0 Å². The predicted octanol–water partition coefficient (Wildman–Crippen LogP) is 2.92. The van der Waals surface area contributed by atoms with Gasteiger partial charge in [0.1, 0.15) is 5.82 Å². The van der Waals surface area contributed by atoms with E-state index in [0.29, 0.717) is 12.0 Å². The van der Waals surface area contributed by atoms with Crippen LogP contribution in [0.5, 0.6) is 0 Å². The molecule has 2 rings (SSSR count). The zero-order valence-electron chi connectivity index (χ0n) is 15.4. The third kappa shape index (κ3) is 8.08. The van der Waals surface area contributed by atoms with Crippen LogP contribution in [0.3, 0.4) is 0 Å². The summed E-state index contributed by atoms with van der Waals surface area (Å²) in [6.07, 6.45) is 6.81. The minimum atomic E-state index is -0.210. The number of guanidine groups is 1. The predicted molar refractivity (Wildman–Crippen MR) is 106 cm³/mol. The second kappa shape index (κ2) is 11.8. The van der Waals surface area contributed by atoms with Gasteiger partial charge in [0.15, 0.2) is 5.96 Å². The average molecular weight is 381 g/mol. The minimum absolute atomic E-state index is 0.0201. The summed E-state index contributed by atoms with van der Waals surface area (Å²) in [5.74, 6) is 1.37. The van der Waals surface area contributed by atoms with Crippen LogP contribution in [-0.2, 0) is 4.79 Å². The largest absolute Gasteiger partial charge is 0.356 e. The molecule has 0 heterocycles. The molecule has 3 N–H and O–H groups in total. The number of carbonyl (C=O) groups excluding carboxylic acids is 1. The first kappa shape index (κ1) is 20.6. The summed E-state index contributed by atoms with van der Waals surface area (Å²) < 4.78 is 12.9. The van der Waals surface area contributed by atoms with Crippen molar-refractivity contribution in [2.45, 2.75) is 49.5 Å². The van der Waals surface area contributed by atoms with Crippen LogP contribution in [0.15, 0.2) is 34.2 Å². The second-order valence-electron chi connectivity index (χ2n) is 6.41. The third-order valence-corrected chi connectivity index (χ3v) is 5.40. The molecule has 26 heavy (non-hydrogen) atoms. The molecule has 0 bridgehead atoms. The van der Waals surface area contributed by atoms with Crippen molar-refractivity contribution >= 4 is 23.6 Å². The van der Waals surface area contributed by atoms with Crippen LogP contribution >= 0.6 is 11.8 Å². The summed E-state index contributed by atoms with van der Waals surface area (Å²) in [6.45, 7) is 0.999. The number of rotatable bonds is 8. The quantitative estimate of drug-likeness (QED) is 0.281. The molecule has 0 atom stereocenters. The lowest BCUT2D eigenvalue weighted by Gasteiger charge is -2.23. The number of nitrogens with zero attached hydrogens (tertiary/aromatic N) is 1. The van der Waals surface area contributed by atoms with Gasteiger partial charge in [-0.3, -0.25) is 9.79 Å². The standard InChI is InChI=1S/C19H29FN4OS/c1-21-19(23-14-18(25)24-16-6-3-2-4-7-16)22-12-5-13-26-17-10-8-15(20)9-11-17/h8-11,16H,2-7,12-14H2,1H3,(H,24,25)(H2,21,22,23). The van der Waals surface area contributed by atoms with Crippen molar-refractivity contribution in [2.24, 2.45) is 4.99 Å². The van der Waals surface area contributed by atoms with Crippen molar-refractivity contribution in [1.82, 2.24) is 16.0 Å². The van der Waals surface area contributed by atoms with Crippen LogP contribution in [0, 0.1) is 5.82 Å². The van der Waals surface area contributed by atoms with Gasteiger partial charge in [0.25, 0.3) is 0 Å². The van der Waals surface area contributed by atoms with Gasteiger partial charge in [0.2, 0.25) is 5.91 Å². The normalized spacial score (nSPS) is 15.5. The van der Waals surface area contributed by atoms with Crippen molar-refractivity contribution in [3.05, 3.63) is 30.1 Å². The monoisotopic (exact) mass is 380 g/mol. The Kier molecular flexibility index (Phi) is 9.31. The van der Waals surface area contributed by atoms with Gasteiger partial charge in [-0.05, 0) is 49.3 Å². The summed E-state index contributed by atoms with van der Waals surface area (Å²) >= 11 is 1.69. The first-order chi connectivity index (χ1) is 12.7. The highest BCUT2D eigenvalue weighted by atomic mass is 32.2. The molecule has 1 aliphatic rings. The molecule has 0 spiro atoms. The Morgan fingerprint density at radius 1 is 1.19 bits per heavy atom. The van der Waals surface area contributed by atoms with E-state index in [1.807, 2.05) is 0 Å². The van der Waals surface area contributed by atoms with E-state index in [9.17, 15) is 9.18 Å². The van der Waals surface area contributed by atoms with Crippen LogP contribution in [0.4, 0.5) is 4.39 Å². The van der Waals surface area contributed by atoms with Crippen molar-refractivity contribution in [3.8, 4) is 0 Å². The van der Waals surface area contributed by atoms with E-state index >= 15 is 0 Å². The molecule has 1 amide bonds. The lowest BCUT2D eigenvalue weighted by molar-refractivity contribution is -0.120. The molecule has 7 heteroatoms. The molecule has 1 fully saturated rings. The number of aliphatic imine (C=N–C) groups is 1. The molecule has 1 aromatic carbocycles. The lowest BCUT2D eigenvalue weighted by atomic mass is 9.95. The fraction of sp³-hybridized carbons (Fsp3) is 0.579. The maximum absolute atomic E-state index is 12.9. The van der Waals surface area contributed by atoms with Gasteiger partial charge in [-0.2, -0.15) is 0 Å². The third-order valence-electron chi connectivity index (χ3n) is 4.31. The fourth-order valence-electron chi connectivity index (χ4n) is 2.91. The topological polar surface area (TPSA) is 65.5 Å². The fourth-order valence-corrected chi connectivity index (χ4v) is 3.76. The number of amides is 1.